The molecule has 0 saturated carbocycles. The van der Waals surface area contributed by atoms with Gasteiger partial charge in [-0.15, -0.1) is 0 Å². The van der Waals surface area contributed by atoms with Crippen molar-refractivity contribution < 1.29 is 9.53 Å². The zero-order chi connectivity index (χ0) is 13.0. The molecule has 2 N–H and O–H groups in total. The lowest BCUT2D eigenvalue weighted by Crippen LogP contribution is -2.14. The molecule has 0 bridgehead atoms. The van der Waals surface area contributed by atoms with E-state index in [4.69, 9.17) is 5.73 Å². The molecule has 1 aromatic rings. The first-order chi connectivity index (χ1) is 8.02. The Kier molecular flexibility index (Phi) is 4.86. The number of carbonyl (C=O) groups excluding carboxylic acids is 1. The van der Waals surface area contributed by atoms with E-state index in [9.17, 15) is 4.79 Å². The summed E-state index contributed by atoms with van der Waals surface area (Å²) in [5.41, 5.74) is 6.15. The number of nitrogen functional groups attached to an aromatic ring is 1. The Hall–Kier alpha value is -1.17. The zero-order valence-corrected chi connectivity index (χ0v) is 11.5. The fraction of sp³-hybridized carbons (Fsp3) is 0.636. The van der Waals surface area contributed by atoms with Crippen molar-refractivity contribution in [2.24, 2.45) is 0 Å². The standard InChI is InChI=1S/C11H19N3O2S/c1-5-17-6-7(2)14-8(3)13-9(10(14)12)11(15)16-4/h7H,5-6,12H2,1-4H3. The minimum Gasteiger partial charge on any atom is -0.464 e. The third-order valence-electron chi connectivity index (χ3n) is 2.51. The molecular formula is C11H19N3O2S. The third-order valence-corrected chi connectivity index (χ3v) is 3.63. The van der Waals surface area contributed by atoms with Crippen LogP contribution in [0.5, 0.6) is 0 Å². The average Bonchev–Trinajstić information content (AvgIpc) is 2.61. The van der Waals surface area contributed by atoms with Crippen LogP contribution in [0.1, 0.15) is 36.2 Å². The number of nitrogens with two attached hydrogens (primary N) is 1. The van der Waals surface area contributed by atoms with Crippen molar-refractivity contribution in [3.8, 4) is 0 Å². The van der Waals surface area contributed by atoms with Crippen LogP contribution in [0.2, 0.25) is 0 Å². The Labute approximate surface area is 106 Å². The Morgan fingerprint density at radius 1 is 1.65 bits per heavy atom. The van der Waals surface area contributed by atoms with Crippen molar-refractivity contribution in [3.63, 3.8) is 0 Å². The van der Waals surface area contributed by atoms with Crippen molar-refractivity contribution in [1.82, 2.24) is 9.55 Å². The smallest absolute Gasteiger partial charge is 0.360 e. The normalized spacial score (nSPS) is 12.5. The fourth-order valence-electron chi connectivity index (χ4n) is 1.73. The van der Waals surface area contributed by atoms with Gasteiger partial charge in [-0.2, -0.15) is 11.8 Å². The number of aromatic nitrogens is 2. The van der Waals surface area contributed by atoms with E-state index in [1.807, 2.05) is 23.3 Å². The number of thioether (sulfide) groups is 1. The van der Waals surface area contributed by atoms with Gasteiger partial charge in [0, 0.05) is 11.8 Å². The maximum Gasteiger partial charge on any atom is 0.360 e. The molecule has 96 valence electrons. The van der Waals surface area contributed by atoms with Gasteiger partial charge in [0.1, 0.15) is 11.6 Å². The lowest BCUT2D eigenvalue weighted by Gasteiger charge is -2.16. The summed E-state index contributed by atoms with van der Waals surface area (Å²) in [4.78, 5) is 15.6. The van der Waals surface area contributed by atoms with Gasteiger partial charge in [-0.25, -0.2) is 9.78 Å². The highest BCUT2D eigenvalue weighted by Gasteiger charge is 2.21. The predicted molar refractivity (Wildman–Crippen MR) is 70.4 cm³/mol. The van der Waals surface area contributed by atoms with E-state index in [2.05, 4.69) is 23.6 Å². The molecule has 0 aliphatic carbocycles. The summed E-state index contributed by atoms with van der Waals surface area (Å²) in [5, 5.41) is 0. The molecule has 0 aromatic carbocycles. The molecule has 0 amide bonds. The summed E-state index contributed by atoms with van der Waals surface area (Å²) >= 11 is 1.83. The monoisotopic (exact) mass is 257 g/mol. The summed E-state index contributed by atoms with van der Waals surface area (Å²) in [5.74, 6) is 2.64. The van der Waals surface area contributed by atoms with Crippen molar-refractivity contribution in [2.75, 3.05) is 24.3 Å². The molecule has 0 spiro atoms. The maximum absolute atomic E-state index is 11.5. The summed E-state index contributed by atoms with van der Waals surface area (Å²) in [6.45, 7) is 6.02. The lowest BCUT2D eigenvalue weighted by molar-refractivity contribution is 0.0595. The highest BCUT2D eigenvalue weighted by Crippen LogP contribution is 2.23. The van der Waals surface area contributed by atoms with Crippen LogP contribution in [0.3, 0.4) is 0 Å². The number of hydrogen-bond donors (Lipinski definition) is 1. The molecule has 0 radical (unpaired) electrons. The first kappa shape index (κ1) is 13.9. The molecular weight excluding hydrogens is 238 g/mol. The Balaban J connectivity index is 3.00. The molecule has 0 aliphatic heterocycles. The summed E-state index contributed by atoms with van der Waals surface area (Å²) < 4.78 is 6.53. The van der Waals surface area contributed by atoms with Gasteiger partial charge in [0.15, 0.2) is 5.69 Å². The van der Waals surface area contributed by atoms with Crippen molar-refractivity contribution in [1.29, 1.82) is 0 Å². The average molecular weight is 257 g/mol. The maximum atomic E-state index is 11.5. The second-order valence-electron chi connectivity index (χ2n) is 3.76. The van der Waals surface area contributed by atoms with Crippen LogP contribution < -0.4 is 5.73 Å². The van der Waals surface area contributed by atoms with Crippen LogP contribution in [0.25, 0.3) is 0 Å². The van der Waals surface area contributed by atoms with Crippen LogP contribution >= 0.6 is 11.8 Å². The minimum absolute atomic E-state index is 0.207. The number of methoxy groups -OCH3 is 1. The molecule has 0 fully saturated rings. The number of hydrogen-bond acceptors (Lipinski definition) is 5. The molecule has 17 heavy (non-hydrogen) atoms. The van der Waals surface area contributed by atoms with E-state index in [1.165, 1.54) is 7.11 Å². The zero-order valence-electron chi connectivity index (χ0n) is 10.7. The summed E-state index contributed by atoms with van der Waals surface area (Å²) in [7, 11) is 1.33. The van der Waals surface area contributed by atoms with Gasteiger partial charge >= 0.3 is 5.97 Å². The van der Waals surface area contributed by atoms with Gasteiger partial charge in [0.25, 0.3) is 0 Å². The van der Waals surface area contributed by atoms with Crippen LogP contribution in [0, 0.1) is 6.92 Å². The summed E-state index contributed by atoms with van der Waals surface area (Å²) in [6, 6.07) is 0.214. The number of anilines is 1. The topological polar surface area (TPSA) is 70.1 Å². The Morgan fingerprint density at radius 2 is 2.29 bits per heavy atom. The second-order valence-corrected chi connectivity index (χ2v) is 5.08. The van der Waals surface area contributed by atoms with Crippen LogP contribution in [0.4, 0.5) is 5.82 Å². The van der Waals surface area contributed by atoms with Gasteiger partial charge in [0.2, 0.25) is 0 Å². The van der Waals surface area contributed by atoms with Crippen LogP contribution in [-0.4, -0.2) is 34.1 Å². The number of imidazole rings is 1. The van der Waals surface area contributed by atoms with Gasteiger partial charge < -0.3 is 15.0 Å². The van der Waals surface area contributed by atoms with E-state index in [0.717, 1.165) is 17.3 Å². The number of nitrogens with zero attached hydrogens (tertiary/aromatic N) is 2. The van der Waals surface area contributed by atoms with Gasteiger partial charge in [-0.3, -0.25) is 0 Å². The highest BCUT2D eigenvalue weighted by atomic mass is 32.2. The molecule has 1 aromatic heterocycles. The molecule has 0 saturated heterocycles. The van der Waals surface area contributed by atoms with E-state index in [-0.39, 0.29) is 11.7 Å². The van der Waals surface area contributed by atoms with E-state index < -0.39 is 5.97 Å². The quantitative estimate of drug-likeness (QED) is 0.815. The number of esters is 1. The molecule has 1 unspecified atom stereocenters. The third kappa shape index (κ3) is 2.94. The largest absolute Gasteiger partial charge is 0.464 e. The van der Waals surface area contributed by atoms with E-state index in [0.29, 0.717) is 5.82 Å². The Bertz CT molecular complexity index is 404. The van der Waals surface area contributed by atoms with Crippen LogP contribution in [-0.2, 0) is 4.74 Å². The van der Waals surface area contributed by atoms with Crippen molar-refractivity contribution >= 4 is 23.5 Å². The lowest BCUT2D eigenvalue weighted by atomic mass is 10.3. The number of ether oxygens (including phenoxy) is 1. The first-order valence-electron chi connectivity index (χ1n) is 5.53. The van der Waals surface area contributed by atoms with Gasteiger partial charge in [-0.05, 0) is 19.6 Å². The molecule has 1 heterocycles. The second kappa shape index (κ2) is 5.95. The SMILES string of the molecule is CCSCC(C)n1c(C)nc(C(=O)OC)c1N. The first-order valence-corrected chi connectivity index (χ1v) is 6.68. The van der Waals surface area contributed by atoms with Crippen molar-refractivity contribution in [2.45, 2.75) is 26.8 Å². The number of rotatable bonds is 5. The molecule has 1 rings (SSSR count). The minimum atomic E-state index is -0.486. The highest BCUT2D eigenvalue weighted by molar-refractivity contribution is 7.99. The van der Waals surface area contributed by atoms with Crippen molar-refractivity contribution in [3.05, 3.63) is 11.5 Å². The number of carbonyl (C=O) groups is 1. The molecule has 0 aliphatic rings. The molecule has 1 atom stereocenters. The molecule has 6 heteroatoms. The van der Waals surface area contributed by atoms with E-state index in [1.54, 1.807) is 0 Å². The van der Waals surface area contributed by atoms with Crippen LogP contribution in [0.15, 0.2) is 0 Å². The Morgan fingerprint density at radius 3 is 2.82 bits per heavy atom. The van der Waals surface area contributed by atoms with Gasteiger partial charge in [-0.1, -0.05) is 6.92 Å². The summed E-state index contributed by atoms with van der Waals surface area (Å²) in [6.07, 6.45) is 0. The molecule has 5 nitrogen and oxygen atoms in total. The van der Waals surface area contributed by atoms with E-state index >= 15 is 0 Å². The fourth-order valence-corrected chi connectivity index (χ4v) is 2.45. The number of aryl methyl sites for hydroxylation is 1. The predicted octanol–water partition coefficient (Wildman–Crippen LogP) is 1.87. The van der Waals surface area contributed by atoms with Gasteiger partial charge in [0.05, 0.1) is 7.11 Å².